The lowest BCUT2D eigenvalue weighted by Crippen LogP contribution is -2.34. The first-order valence-electron chi connectivity index (χ1n) is 5.24. The topological polar surface area (TPSA) is 51.6 Å². The van der Waals surface area contributed by atoms with Crippen molar-refractivity contribution in [3.63, 3.8) is 0 Å². The molecule has 0 saturated carbocycles. The highest BCUT2D eigenvalue weighted by Gasteiger charge is 2.25. The Kier molecular flexibility index (Phi) is 4.86. The first-order chi connectivity index (χ1) is 7.57. The van der Waals surface area contributed by atoms with E-state index < -0.39 is 5.60 Å². The summed E-state index contributed by atoms with van der Waals surface area (Å²) in [4.78, 5) is 3.94. The van der Waals surface area contributed by atoms with Gasteiger partial charge in [-0.25, -0.2) is 0 Å². The van der Waals surface area contributed by atoms with E-state index >= 15 is 0 Å². The van der Waals surface area contributed by atoms with Crippen LogP contribution in [0.25, 0.3) is 0 Å². The van der Waals surface area contributed by atoms with Crippen LogP contribution < -0.4 is 0 Å². The molecule has 0 aromatic carbocycles. The molecular formula is C12H19NO3. The first kappa shape index (κ1) is 13.1. The van der Waals surface area contributed by atoms with Crippen molar-refractivity contribution in [1.82, 2.24) is 4.98 Å². The van der Waals surface area contributed by atoms with Gasteiger partial charge in [0.05, 0.1) is 5.60 Å². The second kappa shape index (κ2) is 5.94. The van der Waals surface area contributed by atoms with E-state index in [4.69, 9.17) is 9.47 Å². The van der Waals surface area contributed by atoms with E-state index in [1.165, 1.54) is 0 Å². The number of hydrogen-bond acceptors (Lipinski definition) is 4. The monoisotopic (exact) mass is 225 g/mol. The molecule has 0 saturated heterocycles. The molecule has 0 radical (unpaired) electrons. The predicted octanol–water partition coefficient (Wildman–Crippen LogP) is 1.38. The number of methoxy groups -OCH3 is 2. The lowest BCUT2D eigenvalue weighted by molar-refractivity contribution is -0.139. The van der Waals surface area contributed by atoms with Gasteiger partial charge in [-0.2, -0.15) is 0 Å². The molecule has 1 N–H and O–H groups in total. The smallest absolute Gasteiger partial charge is 0.159 e. The molecule has 1 atom stereocenters. The fourth-order valence-corrected chi connectivity index (χ4v) is 1.63. The molecule has 1 heterocycles. The zero-order chi connectivity index (χ0) is 12.0. The molecule has 0 amide bonds. The third-order valence-electron chi connectivity index (χ3n) is 2.47. The minimum atomic E-state index is -0.849. The standard InChI is InChI=1S/C12H19NO3/c1-12(14,9-11(15-2)16-3)8-10-4-6-13-7-5-10/h4-7,11,14H,8-9H2,1-3H3. The van der Waals surface area contributed by atoms with Crippen molar-refractivity contribution in [1.29, 1.82) is 0 Å². The summed E-state index contributed by atoms with van der Waals surface area (Å²) < 4.78 is 10.2. The van der Waals surface area contributed by atoms with Crippen LogP contribution >= 0.6 is 0 Å². The van der Waals surface area contributed by atoms with Gasteiger partial charge in [0.1, 0.15) is 0 Å². The van der Waals surface area contributed by atoms with E-state index in [9.17, 15) is 5.11 Å². The van der Waals surface area contributed by atoms with Gasteiger partial charge in [0.25, 0.3) is 0 Å². The number of ether oxygens (including phenoxy) is 2. The minimum absolute atomic E-state index is 0.378. The molecule has 0 aliphatic rings. The number of rotatable bonds is 6. The molecule has 16 heavy (non-hydrogen) atoms. The number of hydrogen-bond donors (Lipinski definition) is 1. The van der Waals surface area contributed by atoms with Crippen LogP contribution in [0.15, 0.2) is 24.5 Å². The van der Waals surface area contributed by atoms with Gasteiger partial charge in [-0.05, 0) is 24.6 Å². The summed E-state index contributed by atoms with van der Waals surface area (Å²) in [5.41, 5.74) is 0.198. The lowest BCUT2D eigenvalue weighted by Gasteiger charge is -2.27. The minimum Gasteiger partial charge on any atom is -0.390 e. The Labute approximate surface area is 96.2 Å². The second-order valence-electron chi connectivity index (χ2n) is 4.13. The van der Waals surface area contributed by atoms with Crippen LogP contribution in [0.4, 0.5) is 0 Å². The van der Waals surface area contributed by atoms with Gasteiger partial charge in [0.15, 0.2) is 6.29 Å². The van der Waals surface area contributed by atoms with Crippen LogP contribution in [0.1, 0.15) is 18.9 Å². The highest BCUT2D eigenvalue weighted by Crippen LogP contribution is 2.19. The summed E-state index contributed by atoms with van der Waals surface area (Å²) >= 11 is 0. The van der Waals surface area contributed by atoms with Gasteiger partial charge in [-0.15, -0.1) is 0 Å². The number of aromatic nitrogens is 1. The Morgan fingerprint density at radius 3 is 2.38 bits per heavy atom. The lowest BCUT2D eigenvalue weighted by atomic mass is 9.93. The summed E-state index contributed by atoms with van der Waals surface area (Å²) in [6.45, 7) is 1.78. The van der Waals surface area contributed by atoms with Crippen molar-refractivity contribution in [2.45, 2.75) is 31.7 Å². The van der Waals surface area contributed by atoms with E-state index in [0.717, 1.165) is 5.56 Å². The maximum Gasteiger partial charge on any atom is 0.159 e. The average Bonchev–Trinajstić information content (AvgIpc) is 2.26. The van der Waals surface area contributed by atoms with Crippen LogP contribution in [0.3, 0.4) is 0 Å². The molecule has 1 rings (SSSR count). The van der Waals surface area contributed by atoms with Gasteiger partial charge in [-0.1, -0.05) is 0 Å². The van der Waals surface area contributed by atoms with E-state index in [2.05, 4.69) is 4.98 Å². The summed E-state index contributed by atoms with van der Waals surface area (Å²) in [5, 5.41) is 10.2. The molecule has 4 heteroatoms. The predicted molar refractivity (Wildman–Crippen MR) is 61.0 cm³/mol. The fourth-order valence-electron chi connectivity index (χ4n) is 1.63. The Hall–Kier alpha value is -0.970. The SMILES string of the molecule is COC(CC(C)(O)Cc1ccncc1)OC. The largest absolute Gasteiger partial charge is 0.390 e. The Bertz CT molecular complexity index is 296. The van der Waals surface area contributed by atoms with E-state index in [0.29, 0.717) is 12.8 Å². The van der Waals surface area contributed by atoms with Gasteiger partial charge in [0, 0.05) is 39.5 Å². The highest BCUT2D eigenvalue weighted by molar-refractivity contribution is 5.12. The highest BCUT2D eigenvalue weighted by atomic mass is 16.7. The molecule has 0 spiro atoms. The summed E-state index contributed by atoms with van der Waals surface area (Å²) in [6, 6.07) is 3.78. The summed E-state index contributed by atoms with van der Waals surface area (Å²) in [5.74, 6) is 0. The van der Waals surface area contributed by atoms with E-state index in [1.54, 1.807) is 33.5 Å². The zero-order valence-electron chi connectivity index (χ0n) is 10.0. The average molecular weight is 225 g/mol. The van der Waals surface area contributed by atoms with Crippen molar-refractivity contribution >= 4 is 0 Å². The quantitative estimate of drug-likeness (QED) is 0.743. The Morgan fingerprint density at radius 2 is 1.88 bits per heavy atom. The number of nitrogens with zero attached hydrogens (tertiary/aromatic N) is 1. The van der Waals surface area contributed by atoms with Crippen molar-refractivity contribution in [3.05, 3.63) is 30.1 Å². The number of aliphatic hydroxyl groups is 1. The third kappa shape index (κ3) is 4.26. The number of pyridine rings is 1. The molecule has 90 valence electrons. The fraction of sp³-hybridized carbons (Fsp3) is 0.583. The van der Waals surface area contributed by atoms with Gasteiger partial charge in [0.2, 0.25) is 0 Å². The third-order valence-corrected chi connectivity index (χ3v) is 2.47. The Balaban J connectivity index is 2.57. The van der Waals surface area contributed by atoms with Crippen LogP contribution in [0, 0.1) is 0 Å². The zero-order valence-corrected chi connectivity index (χ0v) is 10.0. The summed E-state index contributed by atoms with van der Waals surface area (Å²) in [6.07, 6.45) is 4.04. The van der Waals surface area contributed by atoms with Gasteiger partial charge in [-0.3, -0.25) is 4.98 Å². The molecule has 0 aliphatic heterocycles. The molecule has 1 aromatic heterocycles. The normalized spacial score (nSPS) is 15.1. The van der Waals surface area contributed by atoms with Crippen molar-refractivity contribution < 1.29 is 14.6 Å². The van der Waals surface area contributed by atoms with Crippen LogP contribution in [-0.4, -0.2) is 36.2 Å². The van der Waals surface area contributed by atoms with Crippen molar-refractivity contribution in [2.24, 2.45) is 0 Å². The van der Waals surface area contributed by atoms with Crippen molar-refractivity contribution in [3.8, 4) is 0 Å². The molecule has 0 fully saturated rings. The van der Waals surface area contributed by atoms with Crippen LogP contribution in [0.5, 0.6) is 0 Å². The van der Waals surface area contributed by atoms with Crippen LogP contribution in [0.2, 0.25) is 0 Å². The van der Waals surface area contributed by atoms with E-state index in [1.807, 2.05) is 12.1 Å². The second-order valence-corrected chi connectivity index (χ2v) is 4.13. The Morgan fingerprint density at radius 1 is 1.31 bits per heavy atom. The maximum atomic E-state index is 10.2. The summed E-state index contributed by atoms with van der Waals surface area (Å²) in [7, 11) is 3.13. The van der Waals surface area contributed by atoms with Gasteiger partial charge < -0.3 is 14.6 Å². The van der Waals surface area contributed by atoms with Gasteiger partial charge >= 0.3 is 0 Å². The molecule has 0 aliphatic carbocycles. The molecule has 4 nitrogen and oxygen atoms in total. The molecule has 1 unspecified atom stereocenters. The van der Waals surface area contributed by atoms with E-state index in [-0.39, 0.29) is 6.29 Å². The molecule has 0 bridgehead atoms. The van der Waals surface area contributed by atoms with Crippen LogP contribution in [-0.2, 0) is 15.9 Å². The molecule has 1 aromatic rings. The van der Waals surface area contributed by atoms with Crippen molar-refractivity contribution in [2.75, 3.05) is 14.2 Å². The maximum absolute atomic E-state index is 10.2. The molecular weight excluding hydrogens is 206 g/mol. The first-order valence-corrected chi connectivity index (χ1v) is 5.24.